The van der Waals surface area contributed by atoms with Crippen LogP contribution in [0.5, 0.6) is 0 Å². The number of nitrogens with one attached hydrogen (secondary N) is 1. The Morgan fingerprint density at radius 3 is 2.62 bits per heavy atom. The standard InChI is InChI=1S/C14H17ClFN3O2/c15-11-7-10(16)1-2-12(11)18-8-13(20)19-5-3-9(4-6-19)14(17)21/h1-2,7,9,18H,3-6,8H2,(H2,17,21). The fourth-order valence-electron chi connectivity index (χ4n) is 2.33. The van der Waals surface area contributed by atoms with Gasteiger partial charge in [-0.15, -0.1) is 0 Å². The lowest BCUT2D eigenvalue weighted by molar-refractivity contribution is -0.133. The Morgan fingerprint density at radius 1 is 1.38 bits per heavy atom. The third kappa shape index (κ3) is 4.07. The van der Waals surface area contributed by atoms with E-state index < -0.39 is 5.82 Å². The van der Waals surface area contributed by atoms with Gasteiger partial charge in [0.05, 0.1) is 17.3 Å². The zero-order valence-electron chi connectivity index (χ0n) is 11.4. The van der Waals surface area contributed by atoms with E-state index in [2.05, 4.69) is 5.32 Å². The summed E-state index contributed by atoms with van der Waals surface area (Å²) < 4.78 is 12.9. The largest absolute Gasteiger partial charge is 0.375 e. The maximum absolute atomic E-state index is 12.9. The molecule has 2 amide bonds. The molecule has 1 aliphatic rings. The number of benzene rings is 1. The van der Waals surface area contributed by atoms with Gasteiger partial charge in [-0.25, -0.2) is 4.39 Å². The smallest absolute Gasteiger partial charge is 0.241 e. The molecule has 0 bridgehead atoms. The number of hydrogen-bond donors (Lipinski definition) is 2. The van der Waals surface area contributed by atoms with Crippen LogP contribution in [0.25, 0.3) is 0 Å². The molecule has 3 N–H and O–H groups in total. The van der Waals surface area contributed by atoms with Gasteiger partial charge in [0, 0.05) is 19.0 Å². The van der Waals surface area contributed by atoms with Gasteiger partial charge >= 0.3 is 0 Å². The molecule has 7 heteroatoms. The number of halogens is 2. The van der Waals surface area contributed by atoms with E-state index in [-0.39, 0.29) is 29.3 Å². The molecule has 0 aliphatic carbocycles. The van der Waals surface area contributed by atoms with Crippen molar-refractivity contribution < 1.29 is 14.0 Å². The lowest BCUT2D eigenvalue weighted by Gasteiger charge is -2.30. The van der Waals surface area contributed by atoms with E-state index in [1.165, 1.54) is 18.2 Å². The van der Waals surface area contributed by atoms with Crippen LogP contribution < -0.4 is 11.1 Å². The van der Waals surface area contributed by atoms with Crippen molar-refractivity contribution in [2.24, 2.45) is 11.7 Å². The van der Waals surface area contributed by atoms with Crippen molar-refractivity contribution in [3.8, 4) is 0 Å². The van der Waals surface area contributed by atoms with Crippen molar-refractivity contribution in [1.29, 1.82) is 0 Å². The molecular formula is C14H17ClFN3O2. The van der Waals surface area contributed by atoms with Crippen LogP contribution in [0.3, 0.4) is 0 Å². The second-order valence-electron chi connectivity index (χ2n) is 5.04. The average Bonchev–Trinajstić information content (AvgIpc) is 2.46. The molecule has 0 aromatic heterocycles. The van der Waals surface area contributed by atoms with Crippen molar-refractivity contribution in [2.75, 3.05) is 25.0 Å². The molecule has 0 saturated carbocycles. The van der Waals surface area contributed by atoms with Crippen LogP contribution in [-0.2, 0) is 9.59 Å². The molecule has 0 atom stereocenters. The summed E-state index contributed by atoms with van der Waals surface area (Å²) >= 11 is 5.87. The van der Waals surface area contributed by atoms with Gasteiger partial charge in [0.2, 0.25) is 11.8 Å². The van der Waals surface area contributed by atoms with Gasteiger partial charge in [-0.1, -0.05) is 11.6 Å². The lowest BCUT2D eigenvalue weighted by atomic mass is 9.96. The quantitative estimate of drug-likeness (QED) is 0.887. The highest BCUT2D eigenvalue weighted by Crippen LogP contribution is 2.22. The molecule has 1 aromatic rings. The van der Waals surface area contributed by atoms with Crippen molar-refractivity contribution in [1.82, 2.24) is 4.90 Å². The van der Waals surface area contributed by atoms with Crippen molar-refractivity contribution in [3.63, 3.8) is 0 Å². The summed E-state index contributed by atoms with van der Waals surface area (Å²) in [5, 5.41) is 3.12. The Bertz CT molecular complexity index is 545. The molecule has 21 heavy (non-hydrogen) atoms. The summed E-state index contributed by atoms with van der Waals surface area (Å²) in [4.78, 5) is 24.8. The summed E-state index contributed by atoms with van der Waals surface area (Å²) in [5.41, 5.74) is 5.76. The highest BCUT2D eigenvalue weighted by Gasteiger charge is 2.25. The predicted molar refractivity (Wildman–Crippen MR) is 78.4 cm³/mol. The van der Waals surface area contributed by atoms with Crippen LogP contribution in [0.1, 0.15) is 12.8 Å². The molecular weight excluding hydrogens is 297 g/mol. The van der Waals surface area contributed by atoms with E-state index >= 15 is 0 Å². The summed E-state index contributed by atoms with van der Waals surface area (Å²) in [5.74, 6) is -0.962. The minimum absolute atomic E-state index is 0.0760. The lowest BCUT2D eigenvalue weighted by Crippen LogP contribution is -2.43. The minimum Gasteiger partial charge on any atom is -0.375 e. The molecule has 0 radical (unpaired) electrons. The summed E-state index contributed by atoms with van der Waals surface area (Å²) in [7, 11) is 0. The number of anilines is 1. The Labute approximate surface area is 127 Å². The molecule has 1 aromatic carbocycles. The Kier molecular flexibility index (Phi) is 5.01. The van der Waals surface area contributed by atoms with E-state index in [1.54, 1.807) is 4.90 Å². The Balaban J connectivity index is 1.84. The summed E-state index contributed by atoms with van der Waals surface area (Å²) in [6.07, 6.45) is 1.19. The van der Waals surface area contributed by atoms with Crippen LogP contribution in [0.15, 0.2) is 18.2 Å². The molecule has 114 valence electrons. The van der Waals surface area contributed by atoms with Crippen molar-refractivity contribution in [2.45, 2.75) is 12.8 Å². The number of nitrogens with zero attached hydrogens (tertiary/aromatic N) is 1. The van der Waals surface area contributed by atoms with Crippen LogP contribution in [0.2, 0.25) is 5.02 Å². The number of likely N-dealkylation sites (tertiary alicyclic amines) is 1. The van der Waals surface area contributed by atoms with Crippen LogP contribution >= 0.6 is 11.6 Å². The zero-order chi connectivity index (χ0) is 15.4. The van der Waals surface area contributed by atoms with Gasteiger partial charge in [-0.3, -0.25) is 9.59 Å². The van der Waals surface area contributed by atoms with Crippen molar-refractivity contribution >= 4 is 29.1 Å². The minimum atomic E-state index is -0.426. The molecule has 1 aliphatic heterocycles. The molecule has 0 unspecified atom stereocenters. The highest BCUT2D eigenvalue weighted by atomic mass is 35.5. The van der Waals surface area contributed by atoms with Crippen molar-refractivity contribution in [3.05, 3.63) is 29.0 Å². The van der Waals surface area contributed by atoms with Crippen LogP contribution in [-0.4, -0.2) is 36.3 Å². The first-order valence-corrected chi connectivity index (χ1v) is 7.11. The number of carbonyl (C=O) groups excluding carboxylic acids is 2. The monoisotopic (exact) mass is 313 g/mol. The second-order valence-corrected chi connectivity index (χ2v) is 5.44. The van der Waals surface area contributed by atoms with Gasteiger partial charge in [-0.05, 0) is 31.0 Å². The third-order valence-electron chi connectivity index (χ3n) is 3.61. The molecule has 1 heterocycles. The Morgan fingerprint density at radius 2 is 2.05 bits per heavy atom. The van der Waals surface area contributed by atoms with E-state index in [1.807, 2.05) is 0 Å². The summed E-state index contributed by atoms with van der Waals surface area (Å²) in [6, 6.07) is 3.95. The number of nitrogens with two attached hydrogens (primary N) is 1. The second kappa shape index (κ2) is 6.76. The van der Waals surface area contributed by atoms with Crippen LogP contribution in [0.4, 0.5) is 10.1 Å². The van der Waals surface area contributed by atoms with E-state index in [4.69, 9.17) is 17.3 Å². The number of carbonyl (C=O) groups is 2. The maximum Gasteiger partial charge on any atom is 0.241 e. The topological polar surface area (TPSA) is 75.4 Å². The third-order valence-corrected chi connectivity index (χ3v) is 3.92. The first-order chi connectivity index (χ1) is 9.97. The number of hydrogen-bond acceptors (Lipinski definition) is 3. The first kappa shape index (κ1) is 15.6. The number of amides is 2. The predicted octanol–water partition coefficient (Wildman–Crippen LogP) is 1.61. The van der Waals surface area contributed by atoms with Gasteiger partial charge < -0.3 is 16.0 Å². The van der Waals surface area contributed by atoms with E-state index in [9.17, 15) is 14.0 Å². The molecule has 0 spiro atoms. The van der Waals surface area contributed by atoms with E-state index in [0.717, 1.165) is 0 Å². The Hall–Kier alpha value is -1.82. The maximum atomic E-state index is 12.9. The van der Waals surface area contributed by atoms with E-state index in [0.29, 0.717) is 31.6 Å². The number of primary amides is 1. The molecule has 1 fully saturated rings. The van der Waals surface area contributed by atoms with Gasteiger partial charge in [0.15, 0.2) is 0 Å². The number of piperidine rings is 1. The SMILES string of the molecule is NC(=O)C1CCN(C(=O)CNc2ccc(F)cc2Cl)CC1. The van der Waals surface area contributed by atoms with Gasteiger partial charge in [0.25, 0.3) is 0 Å². The average molecular weight is 314 g/mol. The molecule has 1 saturated heterocycles. The fraction of sp³-hybridized carbons (Fsp3) is 0.429. The first-order valence-electron chi connectivity index (χ1n) is 6.73. The molecule has 2 rings (SSSR count). The normalized spacial score (nSPS) is 15.8. The summed E-state index contributed by atoms with van der Waals surface area (Å²) in [6.45, 7) is 1.11. The number of rotatable bonds is 4. The highest BCUT2D eigenvalue weighted by molar-refractivity contribution is 6.33. The fourth-order valence-corrected chi connectivity index (χ4v) is 2.56. The van der Waals surface area contributed by atoms with Gasteiger partial charge in [-0.2, -0.15) is 0 Å². The van der Waals surface area contributed by atoms with Gasteiger partial charge in [0.1, 0.15) is 5.82 Å². The molecule has 5 nitrogen and oxygen atoms in total. The zero-order valence-corrected chi connectivity index (χ0v) is 12.2. The van der Waals surface area contributed by atoms with Crippen LogP contribution in [0, 0.1) is 11.7 Å².